The molecule has 0 amide bonds. The molecule has 1 atom stereocenters. The average Bonchev–Trinajstić information content (AvgIpc) is 2.57. The van der Waals surface area contributed by atoms with Crippen molar-refractivity contribution in [1.82, 2.24) is 4.90 Å². The number of rotatable bonds is 4. The summed E-state index contributed by atoms with van der Waals surface area (Å²) < 4.78 is 0. The van der Waals surface area contributed by atoms with Gasteiger partial charge in [0.15, 0.2) is 0 Å². The summed E-state index contributed by atoms with van der Waals surface area (Å²) >= 11 is 0. The lowest BCUT2D eigenvalue weighted by Crippen LogP contribution is -2.61. The standard InChI is InChI=1S/C20H24N2O3/c1-20(2)14-21(16-8-10-17(23)11-9-16)12-13-22(20)18(19(24)25)15-6-4-3-5-7-15/h3-11,18,23H,12-14H2,1-2H3,(H,24,25). The Morgan fingerprint density at radius 2 is 1.68 bits per heavy atom. The van der Waals surface area contributed by atoms with Gasteiger partial charge in [0.25, 0.3) is 0 Å². The fourth-order valence-electron chi connectivity index (χ4n) is 3.62. The Labute approximate surface area is 148 Å². The van der Waals surface area contributed by atoms with Crippen molar-refractivity contribution >= 4 is 11.7 Å². The largest absolute Gasteiger partial charge is 0.508 e. The Kier molecular flexibility index (Phi) is 4.68. The predicted molar refractivity (Wildman–Crippen MR) is 97.9 cm³/mol. The van der Waals surface area contributed by atoms with E-state index in [0.717, 1.165) is 17.8 Å². The topological polar surface area (TPSA) is 64.0 Å². The summed E-state index contributed by atoms with van der Waals surface area (Å²) in [6, 6.07) is 15.9. The maximum Gasteiger partial charge on any atom is 0.325 e. The van der Waals surface area contributed by atoms with Crippen LogP contribution in [0.4, 0.5) is 5.69 Å². The zero-order chi connectivity index (χ0) is 18.0. The van der Waals surface area contributed by atoms with Gasteiger partial charge in [0.2, 0.25) is 0 Å². The van der Waals surface area contributed by atoms with Gasteiger partial charge in [-0.2, -0.15) is 0 Å². The van der Waals surface area contributed by atoms with Crippen LogP contribution >= 0.6 is 0 Å². The first-order valence-electron chi connectivity index (χ1n) is 8.47. The molecule has 1 heterocycles. The van der Waals surface area contributed by atoms with Gasteiger partial charge in [0.05, 0.1) is 0 Å². The number of hydrogen-bond donors (Lipinski definition) is 2. The van der Waals surface area contributed by atoms with Gasteiger partial charge in [-0.3, -0.25) is 9.69 Å². The highest BCUT2D eigenvalue weighted by molar-refractivity contribution is 5.75. The van der Waals surface area contributed by atoms with Crippen LogP contribution in [0.1, 0.15) is 25.5 Å². The summed E-state index contributed by atoms with van der Waals surface area (Å²) in [5, 5.41) is 19.3. The van der Waals surface area contributed by atoms with E-state index in [-0.39, 0.29) is 11.3 Å². The Bertz CT molecular complexity index is 728. The fraction of sp³-hybridized carbons (Fsp3) is 0.350. The van der Waals surface area contributed by atoms with Gasteiger partial charge in [0, 0.05) is 30.9 Å². The Morgan fingerprint density at radius 1 is 1.04 bits per heavy atom. The van der Waals surface area contributed by atoms with Crippen molar-refractivity contribution in [1.29, 1.82) is 0 Å². The molecule has 0 aromatic heterocycles. The second-order valence-electron chi connectivity index (χ2n) is 7.10. The number of phenols is 1. The van der Waals surface area contributed by atoms with Crippen molar-refractivity contribution in [3.8, 4) is 5.75 Å². The number of hydrogen-bond acceptors (Lipinski definition) is 4. The molecule has 1 fully saturated rings. The number of carbonyl (C=O) groups is 1. The molecule has 1 aliphatic rings. The van der Waals surface area contributed by atoms with E-state index >= 15 is 0 Å². The Balaban J connectivity index is 1.84. The van der Waals surface area contributed by atoms with E-state index < -0.39 is 12.0 Å². The first-order valence-corrected chi connectivity index (χ1v) is 8.47. The van der Waals surface area contributed by atoms with Crippen molar-refractivity contribution in [2.45, 2.75) is 25.4 Å². The highest BCUT2D eigenvalue weighted by Crippen LogP contribution is 2.33. The van der Waals surface area contributed by atoms with Crippen LogP contribution in [-0.2, 0) is 4.79 Å². The minimum absolute atomic E-state index is 0.247. The van der Waals surface area contributed by atoms with Crippen LogP contribution in [-0.4, -0.2) is 46.3 Å². The second-order valence-corrected chi connectivity index (χ2v) is 7.10. The fourth-order valence-corrected chi connectivity index (χ4v) is 3.62. The third kappa shape index (κ3) is 3.61. The van der Waals surface area contributed by atoms with Gasteiger partial charge < -0.3 is 15.1 Å². The molecule has 1 unspecified atom stereocenters. The van der Waals surface area contributed by atoms with Crippen LogP contribution in [0.2, 0.25) is 0 Å². The normalized spacial score (nSPS) is 18.7. The van der Waals surface area contributed by atoms with Crippen molar-refractivity contribution < 1.29 is 15.0 Å². The van der Waals surface area contributed by atoms with Gasteiger partial charge in [-0.1, -0.05) is 30.3 Å². The van der Waals surface area contributed by atoms with E-state index in [1.807, 2.05) is 42.5 Å². The summed E-state index contributed by atoms with van der Waals surface area (Å²) in [5.41, 5.74) is 1.54. The molecule has 0 aliphatic carbocycles. The molecule has 1 saturated heterocycles. The van der Waals surface area contributed by atoms with Crippen molar-refractivity contribution in [3.05, 3.63) is 60.2 Å². The number of aliphatic carboxylic acids is 1. The van der Waals surface area contributed by atoms with Gasteiger partial charge in [-0.15, -0.1) is 0 Å². The number of aromatic hydroxyl groups is 1. The first-order chi connectivity index (χ1) is 11.9. The molecule has 0 bridgehead atoms. The van der Waals surface area contributed by atoms with Crippen LogP contribution in [0.3, 0.4) is 0 Å². The van der Waals surface area contributed by atoms with E-state index in [9.17, 15) is 15.0 Å². The van der Waals surface area contributed by atoms with E-state index in [1.54, 1.807) is 12.1 Å². The Morgan fingerprint density at radius 3 is 2.24 bits per heavy atom. The van der Waals surface area contributed by atoms with E-state index in [4.69, 9.17) is 0 Å². The third-order valence-corrected chi connectivity index (χ3v) is 4.84. The monoisotopic (exact) mass is 340 g/mol. The molecule has 2 N–H and O–H groups in total. The maximum absolute atomic E-state index is 12.0. The number of carboxylic acids is 1. The maximum atomic E-state index is 12.0. The van der Waals surface area contributed by atoms with Gasteiger partial charge >= 0.3 is 5.97 Å². The molecule has 132 valence electrons. The molecule has 0 saturated carbocycles. The minimum atomic E-state index is -0.822. The zero-order valence-electron chi connectivity index (χ0n) is 14.6. The number of phenolic OH excluding ortho intramolecular Hbond substituents is 1. The zero-order valence-corrected chi connectivity index (χ0v) is 14.6. The molecule has 2 aromatic rings. The molecule has 5 nitrogen and oxygen atoms in total. The summed E-state index contributed by atoms with van der Waals surface area (Å²) in [7, 11) is 0. The first kappa shape index (κ1) is 17.3. The molecule has 2 aromatic carbocycles. The molecular weight excluding hydrogens is 316 g/mol. The lowest BCUT2D eigenvalue weighted by molar-refractivity contribution is -0.146. The van der Waals surface area contributed by atoms with Gasteiger partial charge in [-0.05, 0) is 43.7 Å². The van der Waals surface area contributed by atoms with Crippen LogP contribution in [0, 0.1) is 0 Å². The highest BCUT2D eigenvalue weighted by atomic mass is 16.4. The number of carboxylic acid groups (broad SMARTS) is 1. The average molecular weight is 340 g/mol. The molecule has 0 radical (unpaired) electrons. The summed E-state index contributed by atoms with van der Waals surface area (Å²) in [4.78, 5) is 16.3. The number of anilines is 1. The van der Waals surface area contributed by atoms with Crippen LogP contribution in [0.25, 0.3) is 0 Å². The second kappa shape index (κ2) is 6.76. The van der Waals surface area contributed by atoms with E-state index in [1.165, 1.54) is 0 Å². The van der Waals surface area contributed by atoms with Crippen LogP contribution < -0.4 is 4.90 Å². The molecule has 25 heavy (non-hydrogen) atoms. The van der Waals surface area contributed by atoms with Crippen molar-refractivity contribution in [3.63, 3.8) is 0 Å². The quantitative estimate of drug-likeness (QED) is 0.895. The summed E-state index contributed by atoms with van der Waals surface area (Å²) in [6.45, 7) is 6.27. The molecular formula is C20H24N2O3. The molecule has 1 aliphatic heterocycles. The predicted octanol–water partition coefficient (Wildman–Crippen LogP) is 3.12. The van der Waals surface area contributed by atoms with Gasteiger partial charge in [0.1, 0.15) is 11.8 Å². The van der Waals surface area contributed by atoms with Crippen LogP contribution in [0.15, 0.2) is 54.6 Å². The third-order valence-electron chi connectivity index (χ3n) is 4.84. The van der Waals surface area contributed by atoms with E-state index in [0.29, 0.717) is 13.1 Å². The molecule has 0 spiro atoms. The molecule has 3 rings (SSSR count). The van der Waals surface area contributed by atoms with Crippen LogP contribution in [0.5, 0.6) is 5.75 Å². The number of nitrogens with zero attached hydrogens (tertiary/aromatic N) is 2. The number of piperazine rings is 1. The lowest BCUT2D eigenvalue weighted by Gasteiger charge is -2.50. The van der Waals surface area contributed by atoms with Crippen molar-refractivity contribution in [2.75, 3.05) is 24.5 Å². The smallest absolute Gasteiger partial charge is 0.325 e. The minimum Gasteiger partial charge on any atom is -0.508 e. The Hall–Kier alpha value is -2.53. The summed E-state index contributed by atoms with van der Waals surface area (Å²) in [5.74, 6) is -0.575. The van der Waals surface area contributed by atoms with E-state index in [2.05, 4.69) is 23.6 Å². The number of benzene rings is 2. The molecule has 5 heteroatoms. The lowest BCUT2D eigenvalue weighted by atomic mass is 9.93. The highest BCUT2D eigenvalue weighted by Gasteiger charge is 2.41. The SMILES string of the molecule is CC1(C)CN(c2ccc(O)cc2)CCN1C(C(=O)O)c1ccccc1. The summed E-state index contributed by atoms with van der Waals surface area (Å²) in [6.07, 6.45) is 0. The van der Waals surface area contributed by atoms with Crippen molar-refractivity contribution in [2.24, 2.45) is 0 Å². The van der Waals surface area contributed by atoms with Gasteiger partial charge in [-0.25, -0.2) is 0 Å².